The minimum Gasteiger partial charge on any atom is -0.301 e. The van der Waals surface area contributed by atoms with Crippen LogP contribution >= 0.6 is 11.6 Å². The van der Waals surface area contributed by atoms with Gasteiger partial charge in [-0.1, -0.05) is 11.6 Å². The fourth-order valence-electron chi connectivity index (χ4n) is 2.94. The molecule has 18 heavy (non-hydrogen) atoms. The van der Waals surface area contributed by atoms with E-state index in [2.05, 4.69) is 34.3 Å². The molecule has 0 aliphatic carbocycles. The Bertz CT molecular complexity index is 561. The molecule has 1 aliphatic heterocycles. The van der Waals surface area contributed by atoms with Gasteiger partial charge in [0.1, 0.15) is 5.82 Å². The molecule has 0 amide bonds. The zero-order valence-corrected chi connectivity index (χ0v) is 11.6. The molecule has 2 aromatic rings. The third-order valence-electron chi connectivity index (χ3n) is 3.80. The van der Waals surface area contributed by atoms with Gasteiger partial charge in [0, 0.05) is 12.2 Å². The summed E-state index contributed by atoms with van der Waals surface area (Å²) < 4.78 is 2.13. The van der Waals surface area contributed by atoms with Crippen LogP contribution in [0.2, 0.25) is 5.02 Å². The number of pyridine rings is 1. The molecule has 0 aromatic carbocycles. The number of nitrogens with zero attached hydrogens (tertiary/aromatic N) is 3. The van der Waals surface area contributed by atoms with Gasteiger partial charge < -0.3 is 4.40 Å². The Kier molecular flexibility index (Phi) is 3.04. The molecule has 96 valence electrons. The number of halogens is 1. The second-order valence-electron chi connectivity index (χ2n) is 5.22. The van der Waals surface area contributed by atoms with Crippen molar-refractivity contribution in [3.63, 3.8) is 0 Å². The molecule has 0 saturated carbocycles. The van der Waals surface area contributed by atoms with Crippen LogP contribution in [0.15, 0.2) is 24.5 Å². The highest BCUT2D eigenvalue weighted by atomic mass is 35.5. The molecule has 0 radical (unpaired) electrons. The maximum atomic E-state index is 6.20. The first kappa shape index (κ1) is 12.0. The Balaban J connectivity index is 2.07. The van der Waals surface area contributed by atoms with E-state index < -0.39 is 0 Å². The van der Waals surface area contributed by atoms with Crippen LogP contribution < -0.4 is 0 Å². The normalized spacial score (nSPS) is 21.2. The van der Waals surface area contributed by atoms with E-state index >= 15 is 0 Å². The van der Waals surface area contributed by atoms with E-state index in [1.807, 2.05) is 18.3 Å². The first-order chi connectivity index (χ1) is 8.68. The summed E-state index contributed by atoms with van der Waals surface area (Å²) in [5, 5.41) is 0.769. The van der Waals surface area contributed by atoms with Crippen molar-refractivity contribution in [2.24, 2.45) is 0 Å². The topological polar surface area (TPSA) is 20.5 Å². The summed E-state index contributed by atoms with van der Waals surface area (Å²) in [5.74, 6) is 1.12. The third kappa shape index (κ3) is 1.82. The number of aromatic nitrogens is 2. The standard InChI is InChI=1S/C14H18ClN3/c1-10(2)17-7-4-6-12(17)14-16-9-13-11(15)5-3-8-18(13)14/h3,5,8-10,12H,4,6-7H2,1-2H3. The zero-order valence-electron chi connectivity index (χ0n) is 10.8. The molecule has 1 unspecified atom stereocenters. The van der Waals surface area contributed by atoms with Crippen molar-refractivity contribution in [1.29, 1.82) is 0 Å². The molecule has 1 atom stereocenters. The summed E-state index contributed by atoms with van der Waals surface area (Å²) in [6.07, 6.45) is 6.37. The Hall–Kier alpha value is -1.06. The first-order valence-electron chi connectivity index (χ1n) is 6.55. The van der Waals surface area contributed by atoms with Gasteiger partial charge in [-0.15, -0.1) is 0 Å². The predicted molar refractivity (Wildman–Crippen MR) is 74.0 cm³/mol. The summed E-state index contributed by atoms with van der Waals surface area (Å²) in [6.45, 7) is 5.67. The van der Waals surface area contributed by atoms with Gasteiger partial charge in [0.15, 0.2) is 0 Å². The van der Waals surface area contributed by atoms with Crippen LogP contribution in [-0.2, 0) is 0 Å². The van der Waals surface area contributed by atoms with E-state index in [1.54, 1.807) is 0 Å². The largest absolute Gasteiger partial charge is 0.301 e. The second-order valence-corrected chi connectivity index (χ2v) is 5.62. The molecule has 1 fully saturated rings. The number of hydrogen-bond donors (Lipinski definition) is 0. The van der Waals surface area contributed by atoms with Crippen molar-refractivity contribution in [3.05, 3.63) is 35.4 Å². The minimum absolute atomic E-state index is 0.422. The van der Waals surface area contributed by atoms with Crippen LogP contribution in [0.1, 0.15) is 38.6 Å². The SMILES string of the molecule is CC(C)N1CCCC1c1ncc2c(Cl)cccn12. The monoisotopic (exact) mass is 263 g/mol. The lowest BCUT2D eigenvalue weighted by Crippen LogP contribution is -2.31. The van der Waals surface area contributed by atoms with Crippen LogP contribution in [0.5, 0.6) is 0 Å². The summed E-state index contributed by atoms with van der Waals surface area (Å²) in [7, 11) is 0. The molecule has 4 heteroatoms. The van der Waals surface area contributed by atoms with E-state index in [1.165, 1.54) is 12.8 Å². The lowest BCUT2D eigenvalue weighted by atomic mass is 10.2. The van der Waals surface area contributed by atoms with Crippen molar-refractivity contribution in [3.8, 4) is 0 Å². The molecule has 2 aromatic heterocycles. The molecule has 3 rings (SSSR count). The molecule has 1 saturated heterocycles. The fourth-order valence-corrected chi connectivity index (χ4v) is 3.15. The van der Waals surface area contributed by atoms with Crippen molar-refractivity contribution >= 4 is 17.1 Å². The number of likely N-dealkylation sites (tertiary alicyclic amines) is 1. The Morgan fingerprint density at radius 1 is 1.44 bits per heavy atom. The highest BCUT2D eigenvalue weighted by Gasteiger charge is 2.30. The third-order valence-corrected chi connectivity index (χ3v) is 4.12. The van der Waals surface area contributed by atoms with Crippen LogP contribution in [-0.4, -0.2) is 26.9 Å². The quantitative estimate of drug-likeness (QED) is 0.826. The lowest BCUT2D eigenvalue weighted by molar-refractivity contribution is 0.198. The molecule has 0 N–H and O–H groups in total. The van der Waals surface area contributed by atoms with Crippen LogP contribution in [0.4, 0.5) is 0 Å². The van der Waals surface area contributed by atoms with Gasteiger partial charge >= 0.3 is 0 Å². The van der Waals surface area contributed by atoms with Crippen LogP contribution in [0.3, 0.4) is 0 Å². The molecular formula is C14H18ClN3. The summed E-state index contributed by atoms with van der Waals surface area (Å²) in [5.41, 5.74) is 1.00. The van der Waals surface area contributed by atoms with E-state index in [-0.39, 0.29) is 0 Å². The fraction of sp³-hybridized carbons (Fsp3) is 0.500. The van der Waals surface area contributed by atoms with Crippen molar-refractivity contribution in [2.45, 2.75) is 38.8 Å². The first-order valence-corrected chi connectivity index (χ1v) is 6.93. The molecule has 0 spiro atoms. The number of imidazole rings is 1. The average Bonchev–Trinajstić information content (AvgIpc) is 2.94. The van der Waals surface area contributed by atoms with Crippen molar-refractivity contribution in [1.82, 2.24) is 14.3 Å². The van der Waals surface area contributed by atoms with Gasteiger partial charge in [-0.05, 0) is 45.4 Å². The summed E-state index contributed by atoms with van der Waals surface area (Å²) in [4.78, 5) is 7.13. The van der Waals surface area contributed by atoms with Crippen LogP contribution in [0.25, 0.3) is 5.52 Å². The average molecular weight is 264 g/mol. The van der Waals surface area contributed by atoms with Crippen molar-refractivity contribution in [2.75, 3.05) is 6.54 Å². The summed E-state index contributed by atoms with van der Waals surface area (Å²) in [6, 6.07) is 4.88. The second kappa shape index (κ2) is 4.56. The van der Waals surface area contributed by atoms with Crippen LogP contribution in [0, 0.1) is 0 Å². The maximum absolute atomic E-state index is 6.20. The molecular weight excluding hydrogens is 246 g/mol. The number of fused-ring (bicyclic) bond motifs is 1. The predicted octanol–water partition coefficient (Wildman–Crippen LogP) is 3.53. The molecule has 3 nitrogen and oxygen atoms in total. The summed E-state index contributed by atoms with van der Waals surface area (Å²) >= 11 is 6.20. The van der Waals surface area contributed by atoms with E-state index in [4.69, 9.17) is 11.6 Å². The Labute approximate surface area is 112 Å². The van der Waals surface area contributed by atoms with Gasteiger partial charge in [-0.3, -0.25) is 4.90 Å². The molecule has 3 heterocycles. The van der Waals surface area contributed by atoms with Crippen molar-refractivity contribution < 1.29 is 0 Å². The van der Waals surface area contributed by atoms with Gasteiger partial charge in [-0.25, -0.2) is 4.98 Å². The van der Waals surface area contributed by atoms with E-state index in [0.29, 0.717) is 12.1 Å². The highest BCUT2D eigenvalue weighted by molar-refractivity contribution is 6.33. The highest BCUT2D eigenvalue weighted by Crippen LogP contribution is 2.33. The molecule has 0 bridgehead atoms. The smallest absolute Gasteiger partial charge is 0.130 e. The van der Waals surface area contributed by atoms with Gasteiger partial charge in [0.25, 0.3) is 0 Å². The van der Waals surface area contributed by atoms with E-state index in [9.17, 15) is 0 Å². The van der Waals surface area contributed by atoms with Gasteiger partial charge in [0.05, 0.1) is 22.8 Å². The Morgan fingerprint density at radius 2 is 2.28 bits per heavy atom. The maximum Gasteiger partial charge on any atom is 0.130 e. The number of rotatable bonds is 2. The Morgan fingerprint density at radius 3 is 3.06 bits per heavy atom. The minimum atomic E-state index is 0.422. The molecule has 1 aliphatic rings. The lowest BCUT2D eigenvalue weighted by Gasteiger charge is -2.27. The zero-order chi connectivity index (χ0) is 12.7. The van der Waals surface area contributed by atoms with Gasteiger partial charge in [-0.2, -0.15) is 0 Å². The van der Waals surface area contributed by atoms with Gasteiger partial charge in [0.2, 0.25) is 0 Å². The number of hydrogen-bond acceptors (Lipinski definition) is 2. The van der Waals surface area contributed by atoms with E-state index in [0.717, 1.165) is 22.9 Å².